The Morgan fingerprint density at radius 1 is 1.45 bits per heavy atom. The highest BCUT2D eigenvalue weighted by molar-refractivity contribution is 5.81. The third-order valence-electron chi connectivity index (χ3n) is 2.94. The van der Waals surface area contributed by atoms with Gasteiger partial charge in [-0.1, -0.05) is 0 Å². The zero-order valence-corrected chi connectivity index (χ0v) is 11.5. The summed E-state index contributed by atoms with van der Waals surface area (Å²) in [5.41, 5.74) is 0. The van der Waals surface area contributed by atoms with Gasteiger partial charge in [0.1, 0.15) is 0 Å². The summed E-state index contributed by atoms with van der Waals surface area (Å²) in [4.78, 5) is 16.9. The van der Waals surface area contributed by atoms with Gasteiger partial charge in [0.2, 0.25) is 5.91 Å². The second-order valence-corrected chi connectivity index (χ2v) is 4.85. The Bertz CT molecular complexity index is 505. The van der Waals surface area contributed by atoms with Crippen LogP contribution in [0.15, 0.2) is 6.07 Å². The highest BCUT2D eigenvalue weighted by atomic mass is 19.1. The van der Waals surface area contributed by atoms with E-state index in [1.54, 1.807) is 14.0 Å². The molecular formula is C13H18F2N4O. The van der Waals surface area contributed by atoms with Gasteiger partial charge in [-0.25, -0.2) is 13.8 Å². The molecule has 1 heterocycles. The summed E-state index contributed by atoms with van der Waals surface area (Å²) in [6.45, 7) is 2.25. The summed E-state index contributed by atoms with van der Waals surface area (Å²) in [7, 11) is 1.55. The second kappa shape index (κ2) is 6.02. The number of amides is 1. The van der Waals surface area contributed by atoms with E-state index in [0.717, 1.165) is 18.9 Å². The summed E-state index contributed by atoms with van der Waals surface area (Å²) in [6, 6.07) is 1.02. The first-order chi connectivity index (χ1) is 9.51. The lowest BCUT2D eigenvalue weighted by Gasteiger charge is -2.19. The molecule has 110 valence electrons. The monoisotopic (exact) mass is 284 g/mol. The van der Waals surface area contributed by atoms with Crippen molar-refractivity contribution in [3.63, 3.8) is 0 Å². The molecule has 0 spiro atoms. The maximum atomic E-state index is 13.7. The zero-order chi connectivity index (χ0) is 14.7. The third kappa shape index (κ3) is 3.55. The lowest BCUT2D eigenvalue weighted by Crippen LogP contribution is -2.37. The Hall–Kier alpha value is -1.92. The van der Waals surface area contributed by atoms with E-state index in [1.165, 1.54) is 4.90 Å². The first-order valence-electron chi connectivity index (χ1n) is 6.61. The molecule has 0 radical (unpaired) electrons. The van der Waals surface area contributed by atoms with E-state index in [4.69, 9.17) is 0 Å². The maximum absolute atomic E-state index is 13.7. The van der Waals surface area contributed by atoms with E-state index in [9.17, 15) is 13.6 Å². The molecule has 0 aliphatic heterocycles. The molecule has 1 amide bonds. The molecule has 0 atom stereocenters. The quantitative estimate of drug-likeness (QED) is 0.831. The van der Waals surface area contributed by atoms with Crippen molar-refractivity contribution in [2.24, 2.45) is 0 Å². The molecule has 1 aliphatic carbocycles. The molecule has 5 nitrogen and oxygen atoms in total. The lowest BCUT2D eigenvalue weighted by atomic mass is 10.3. The van der Waals surface area contributed by atoms with Crippen molar-refractivity contribution < 1.29 is 13.6 Å². The van der Waals surface area contributed by atoms with E-state index >= 15 is 0 Å². The zero-order valence-electron chi connectivity index (χ0n) is 11.5. The molecule has 1 saturated carbocycles. The van der Waals surface area contributed by atoms with Crippen LogP contribution >= 0.6 is 0 Å². The van der Waals surface area contributed by atoms with E-state index in [2.05, 4.69) is 15.6 Å². The van der Waals surface area contributed by atoms with Crippen LogP contribution in [0.25, 0.3) is 0 Å². The molecule has 0 aromatic carbocycles. The Kier molecular flexibility index (Phi) is 4.36. The van der Waals surface area contributed by atoms with Gasteiger partial charge in [0, 0.05) is 25.7 Å². The van der Waals surface area contributed by atoms with E-state index in [0.29, 0.717) is 6.54 Å². The van der Waals surface area contributed by atoms with Crippen molar-refractivity contribution >= 4 is 17.5 Å². The Balaban J connectivity index is 2.08. The van der Waals surface area contributed by atoms with Gasteiger partial charge in [-0.2, -0.15) is 0 Å². The maximum Gasteiger partial charge on any atom is 0.239 e. The van der Waals surface area contributed by atoms with Gasteiger partial charge >= 0.3 is 0 Å². The van der Waals surface area contributed by atoms with Crippen molar-refractivity contribution in [3.05, 3.63) is 17.7 Å². The molecule has 20 heavy (non-hydrogen) atoms. The molecule has 1 fully saturated rings. The highest BCUT2D eigenvalue weighted by Gasteiger charge is 2.24. The van der Waals surface area contributed by atoms with E-state index in [-0.39, 0.29) is 30.1 Å². The number of nitrogens with zero attached hydrogens (tertiary/aromatic N) is 2. The Morgan fingerprint density at radius 3 is 2.75 bits per heavy atom. The van der Waals surface area contributed by atoms with E-state index in [1.807, 2.05) is 0 Å². The largest absolute Gasteiger partial charge is 0.368 e. The summed E-state index contributed by atoms with van der Waals surface area (Å²) in [5.74, 6) is -1.79. The summed E-state index contributed by atoms with van der Waals surface area (Å²) in [5, 5.41) is 5.52. The average Bonchev–Trinajstić information content (AvgIpc) is 3.16. The fourth-order valence-electron chi connectivity index (χ4n) is 1.81. The van der Waals surface area contributed by atoms with Crippen molar-refractivity contribution in [1.29, 1.82) is 0 Å². The number of hydrogen-bond acceptors (Lipinski definition) is 4. The van der Waals surface area contributed by atoms with Gasteiger partial charge in [0.25, 0.3) is 0 Å². The highest BCUT2D eigenvalue weighted by Crippen LogP contribution is 2.22. The number of carbonyl (C=O) groups is 1. The fourth-order valence-corrected chi connectivity index (χ4v) is 1.81. The molecule has 1 aromatic heterocycles. The SMILES string of the molecule is CCNc1nc(N(C)CC(=O)NC2CC2)c(F)cc1F. The molecule has 0 bridgehead atoms. The Morgan fingerprint density at radius 2 is 2.15 bits per heavy atom. The van der Waals surface area contributed by atoms with Crippen molar-refractivity contribution in [3.8, 4) is 0 Å². The Labute approximate surface area is 116 Å². The number of rotatable bonds is 6. The number of likely N-dealkylation sites (N-methyl/N-ethyl adjacent to an activating group) is 1. The fraction of sp³-hybridized carbons (Fsp3) is 0.538. The van der Waals surface area contributed by atoms with Crippen LogP contribution in [0.1, 0.15) is 19.8 Å². The summed E-state index contributed by atoms with van der Waals surface area (Å²) < 4.78 is 27.2. The molecule has 1 aliphatic rings. The molecule has 2 N–H and O–H groups in total. The lowest BCUT2D eigenvalue weighted by molar-refractivity contribution is -0.119. The van der Waals surface area contributed by atoms with Gasteiger partial charge in [0.15, 0.2) is 23.3 Å². The predicted octanol–water partition coefficient (Wildman–Crippen LogP) is 1.51. The van der Waals surface area contributed by atoms with Gasteiger partial charge in [-0.15, -0.1) is 0 Å². The van der Waals surface area contributed by atoms with Crippen LogP contribution in [-0.4, -0.2) is 37.1 Å². The number of pyridine rings is 1. The minimum absolute atomic E-state index is 0.0154. The van der Waals surface area contributed by atoms with Crippen LogP contribution in [-0.2, 0) is 4.79 Å². The minimum Gasteiger partial charge on any atom is -0.368 e. The average molecular weight is 284 g/mol. The number of hydrogen-bond donors (Lipinski definition) is 2. The minimum atomic E-state index is -0.786. The molecular weight excluding hydrogens is 266 g/mol. The van der Waals surface area contributed by atoms with Gasteiger partial charge in [-0.3, -0.25) is 4.79 Å². The molecule has 2 rings (SSSR count). The standard InChI is InChI=1S/C13H18F2N4O/c1-3-16-12-9(14)6-10(15)13(18-12)19(2)7-11(20)17-8-4-5-8/h6,8H,3-5,7H2,1-2H3,(H,16,18)(H,17,20). The van der Waals surface area contributed by atoms with Crippen LogP contribution in [0.4, 0.5) is 20.4 Å². The summed E-state index contributed by atoms with van der Waals surface area (Å²) >= 11 is 0. The first kappa shape index (κ1) is 14.5. The van der Waals surface area contributed by atoms with Crippen LogP contribution < -0.4 is 15.5 Å². The molecule has 7 heteroatoms. The number of anilines is 2. The second-order valence-electron chi connectivity index (χ2n) is 4.85. The van der Waals surface area contributed by atoms with Crippen molar-refractivity contribution in [1.82, 2.24) is 10.3 Å². The topological polar surface area (TPSA) is 57.3 Å². The van der Waals surface area contributed by atoms with Crippen LogP contribution in [0.2, 0.25) is 0 Å². The molecule has 0 saturated heterocycles. The first-order valence-corrected chi connectivity index (χ1v) is 6.61. The number of carbonyl (C=O) groups excluding carboxylic acids is 1. The predicted molar refractivity (Wildman–Crippen MR) is 72.8 cm³/mol. The number of halogens is 2. The van der Waals surface area contributed by atoms with E-state index < -0.39 is 11.6 Å². The van der Waals surface area contributed by atoms with Gasteiger partial charge in [0.05, 0.1) is 6.54 Å². The molecule has 0 unspecified atom stereocenters. The van der Waals surface area contributed by atoms with Crippen molar-refractivity contribution in [2.75, 3.05) is 30.4 Å². The molecule has 1 aromatic rings. The normalized spacial score (nSPS) is 14.0. The van der Waals surface area contributed by atoms with Crippen LogP contribution in [0.3, 0.4) is 0 Å². The number of aromatic nitrogens is 1. The van der Waals surface area contributed by atoms with Crippen molar-refractivity contribution in [2.45, 2.75) is 25.8 Å². The summed E-state index contributed by atoms with van der Waals surface area (Å²) in [6.07, 6.45) is 1.98. The smallest absolute Gasteiger partial charge is 0.239 e. The van der Waals surface area contributed by atoms with Gasteiger partial charge in [-0.05, 0) is 19.8 Å². The number of nitrogens with one attached hydrogen (secondary N) is 2. The van der Waals surface area contributed by atoms with Crippen LogP contribution in [0.5, 0.6) is 0 Å². The third-order valence-corrected chi connectivity index (χ3v) is 2.94. The van der Waals surface area contributed by atoms with Crippen LogP contribution in [0, 0.1) is 11.6 Å². The van der Waals surface area contributed by atoms with Gasteiger partial charge < -0.3 is 15.5 Å².